The molecule has 3 heteroatoms. The Balaban J connectivity index is 2.35. The average Bonchev–Trinajstić information content (AvgIpc) is 2.33. The SMILES string of the molecule is CCOCCCC(CO)Cc1cccc(F)c1. The maximum atomic E-state index is 13.0. The van der Waals surface area contributed by atoms with Crippen LogP contribution in [0.15, 0.2) is 24.3 Å². The summed E-state index contributed by atoms with van der Waals surface area (Å²) >= 11 is 0. The summed E-state index contributed by atoms with van der Waals surface area (Å²) in [5.74, 6) is -0.0224. The van der Waals surface area contributed by atoms with Gasteiger partial charge in [-0.05, 0) is 49.8 Å². The fourth-order valence-electron chi connectivity index (χ4n) is 1.87. The largest absolute Gasteiger partial charge is 0.396 e. The fourth-order valence-corrected chi connectivity index (χ4v) is 1.87. The van der Waals surface area contributed by atoms with Gasteiger partial charge in [0.1, 0.15) is 5.82 Å². The first-order chi connectivity index (χ1) is 8.26. The van der Waals surface area contributed by atoms with E-state index in [-0.39, 0.29) is 18.3 Å². The van der Waals surface area contributed by atoms with E-state index in [0.29, 0.717) is 0 Å². The van der Waals surface area contributed by atoms with E-state index in [9.17, 15) is 9.50 Å². The van der Waals surface area contributed by atoms with Crippen molar-refractivity contribution in [2.75, 3.05) is 19.8 Å². The van der Waals surface area contributed by atoms with Crippen LogP contribution in [0.5, 0.6) is 0 Å². The molecule has 96 valence electrons. The van der Waals surface area contributed by atoms with Crippen LogP contribution in [0.2, 0.25) is 0 Å². The number of hydrogen-bond donors (Lipinski definition) is 1. The molecule has 0 aromatic heterocycles. The van der Waals surface area contributed by atoms with Crippen molar-refractivity contribution in [1.29, 1.82) is 0 Å². The van der Waals surface area contributed by atoms with E-state index < -0.39 is 0 Å². The van der Waals surface area contributed by atoms with Crippen LogP contribution < -0.4 is 0 Å². The predicted octanol–water partition coefficient (Wildman–Crippen LogP) is 2.79. The highest BCUT2D eigenvalue weighted by Gasteiger charge is 2.08. The number of ether oxygens (including phenoxy) is 1. The van der Waals surface area contributed by atoms with Crippen molar-refractivity contribution >= 4 is 0 Å². The number of benzene rings is 1. The van der Waals surface area contributed by atoms with E-state index in [2.05, 4.69) is 0 Å². The summed E-state index contributed by atoms with van der Waals surface area (Å²) in [6, 6.07) is 6.57. The third-order valence-corrected chi connectivity index (χ3v) is 2.78. The molecule has 0 fully saturated rings. The molecule has 0 heterocycles. The molecule has 1 aromatic rings. The summed E-state index contributed by atoms with van der Waals surface area (Å²) in [6.07, 6.45) is 2.57. The highest BCUT2D eigenvalue weighted by Crippen LogP contribution is 2.14. The van der Waals surface area contributed by atoms with Crippen LogP contribution in [0.4, 0.5) is 4.39 Å². The van der Waals surface area contributed by atoms with E-state index in [1.165, 1.54) is 12.1 Å². The molecule has 0 bridgehead atoms. The number of hydrogen-bond acceptors (Lipinski definition) is 2. The Morgan fingerprint density at radius 1 is 1.41 bits per heavy atom. The standard InChI is InChI=1S/C14H21FO2/c1-2-17-8-4-6-13(11-16)9-12-5-3-7-14(15)10-12/h3,5,7,10,13,16H,2,4,6,8-9,11H2,1H3. The minimum atomic E-state index is -0.214. The van der Waals surface area contributed by atoms with E-state index in [4.69, 9.17) is 4.74 Å². The summed E-state index contributed by atoms with van der Waals surface area (Å²) < 4.78 is 18.2. The Kier molecular flexibility index (Phi) is 6.82. The van der Waals surface area contributed by atoms with Gasteiger partial charge < -0.3 is 9.84 Å². The second-order valence-electron chi connectivity index (χ2n) is 4.22. The molecule has 1 atom stereocenters. The van der Waals surface area contributed by atoms with Crippen molar-refractivity contribution < 1.29 is 14.2 Å². The molecule has 0 aliphatic heterocycles. The molecular weight excluding hydrogens is 219 g/mol. The van der Waals surface area contributed by atoms with Crippen LogP contribution in [0, 0.1) is 11.7 Å². The van der Waals surface area contributed by atoms with Crippen molar-refractivity contribution in [2.24, 2.45) is 5.92 Å². The molecule has 1 rings (SSSR count). The quantitative estimate of drug-likeness (QED) is 0.708. The third-order valence-electron chi connectivity index (χ3n) is 2.78. The maximum Gasteiger partial charge on any atom is 0.123 e. The van der Waals surface area contributed by atoms with Crippen molar-refractivity contribution in [2.45, 2.75) is 26.2 Å². The van der Waals surface area contributed by atoms with Gasteiger partial charge in [-0.2, -0.15) is 0 Å². The molecule has 0 amide bonds. The lowest BCUT2D eigenvalue weighted by molar-refractivity contribution is 0.132. The Labute approximate surface area is 102 Å². The van der Waals surface area contributed by atoms with Gasteiger partial charge in [0.05, 0.1) is 0 Å². The molecule has 0 radical (unpaired) electrons. The Morgan fingerprint density at radius 2 is 2.24 bits per heavy atom. The van der Waals surface area contributed by atoms with Crippen LogP contribution in [-0.2, 0) is 11.2 Å². The van der Waals surface area contributed by atoms with Gasteiger partial charge >= 0.3 is 0 Å². The zero-order chi connectivity index (χ0) is 12.5. The molecule has 0 aliphatic rings. The minimum absolute atomic E-state index is 0.142. The zero-order valence-electron chi connectivity index (χ0n) is 10.4. The molecule has 17 heavy (non-hydrogen) atoms. The molecule has 0 saturated heterocycles. The smallest absolute Gasteiger partial charge is 0.123 e. The lowest BCUT2D eigenvalue weighted by atomic mass is 9.95. The molecule has 1 N–H and O–H groups in total. The highest BCUT2D eigenvalue weighted by atomic mass is 19.1. The first-order valence-corrected chi connectivity index (χ1v) is 6.19. The van der Waals surface area contributed by atoms with E-state index in [1.807, 2.05) is 13.0 Å². The summed E-state index contributed by atoms with van der Waals surface area (Å²) in [6.45, 7) is 3.57. The van der Waals surface area contributed by atoms with Crippen LogP contribution in [0.3, 0.4) is 0 Å². The first-order valence-electron chi connectivity index (χ1n) is 6.19. The highest BCUT2D eigenvalue weighted by molar-refractivity contribution is 5.16. The van der Waals surface area contributed by atoms with Crippen LogP contribution in [-0.4, -0.2) is 24.9 Å². The van der Waals surface area contributed by atoms with E-state index in [1.54, 1.807) is 6.07 Å². The fraction of sp³-hybridized carbons (Fsp3) is 0.571. The second kappa shape index (κ2) is 8.20. The van der Waals surface area contributed by atoms with Crippen molar-refractivity contribution in [3.05, 3.63) is 35.6 Å². The summed E-state index contributed by atoms with van der Waals surface area (Å²) in [5.41, 5.74) is 0.945. The Bertz CT molecular complexity index is 315. The molecule has 1 aromatic carbocycles. The van der Waals surface area contributed by atoms with E-state index >= 15 is 0 Å². The first kappa shape index (κ1) is 14.1. The van der Waals surface area contributed by atoms with Crippen LogP contribution in [0.1, 0.15) is 25.3 Å². The number of halogens is 1. The van der Waals surface area contributed by atoms with Crippen molar-refractivity contribution in [3.63, 3.8) is 0 Å². The maximum absolute atomic E-state index is 13.0. The lowest BCUT2D eigenvalue weighted by Crippen LogP contribution is -2.11. The minimum Gasteiger partial charge on any atom is -0.396 e. The van der Waals surface area contributed by atoms with Crippen LogP contribution in [0.25, 0.3) is 0 Å². The molecule has 1 unspecified atom stereocenters. The zero-order valence-corrected chi connectivity index (χ0v) is 10.4. The van der Waals surface area contributed by atoms with Gasteiger partial charge in [-0.15, -0.1) is 0 Å². The third kappa shape index (κ3) is 5.80. The van der Waals surface area contributed by atoms with Crippen molar-refractivity contribution in [1.82, 2.24) is 0 Å². The van der Waals surface area contributed by atoms with Gasteiger partial charge in [-0.1, -0.05) is 12.1 Å². The summed E-state index contributed by atoms with van der Waals surface area (Å²) in [4.78, 5) is 0. The molecule has 0 spiro atoms. The van der Waals surface area contributed by atoms with E-state index in [0.717, 1.165) is 38.0 Å². The number of rotatable bonds is 8. The molecule has 2 nitrogen and oxygen atoms in total. The Morgan fingerprint density at radius 3 is 2.88 bits per heavy atom. The monoisotopic (exact) mass is 240 g/mol. The van der Waals surface area contributed by atoms with Gasteiger partial charge in [0.2, 0.25) is 0 Å². The molecular formula is C14H21FO2. The lowest BCUT2D eigenvalue weighted by Gasteiger charge is -2.14. The van der Waals surface area contributed by atoms with Gasteiger partial charge in [0.25, 0.3) is 0 Å². The Hall–Kier alpha value is -0.930. The normalized spacial score (nSPS) is 12.6. The van der Waals surface area contributed by atoms with Crippen molar-refractivity contribution in [3.8, 4) is 0 Å². The summed E-state index contributed by atoms with van der Waals surface area (Å²) in [5, 5.41) is 9.28. The van der Waals surface area contributed by atoms with Gasteiger partial charge in [-0.25, -0.2) is 4.39 Å². The number of aliphatic hydroxyl groups is 1. The number of aliphatic hydroxyl groups excluding tert-OH is 1. The predicted molar refractivity (Wildman–Crippen MR) is 66.4 cm³/mol. The second-order valence-corrected chi connectivity index (χ2v) is 4.22. The van der Waals surface area contributed by atoms with Gasteiger partial charge in [0, 0.05) is 19.8 Å². The molecule has 0 saturated carbocycles. The van der Waals surface area contributed by atoms with Gasteiger partial charge in [0.15, 0.2) is 0 Å². The average molecular weight is 240 g/mol. The van der Waals surface area contributed by atoms with Crippen LogP contribution >= 0.6 is 0 Å². The topological polar surface area (TPSA) is 29.5 Å². The van der Waals surface area contributed by atoms with Gasteiger partial charge in [-0.3, -0.25) is 0 Å². The molecule has 0 aliphatic carbocycles. The summed E-state index contributed by atoms with van der Waals surface area (Å²) in [7, 11) is 0.